The van der Waals surface area contributed by atoms with Gasteiger partial charge in [-0.2, -0.15) is 0 Å². The third kappa shape index (κ3) is 4.69. The molecule has 0 amide bonds. The van der Waals surface area contributed by atoms with Gasteiger partial charge in [-0.3, -0.25) is 0 Å². The number of rotatable bonds is 4. The summed E-state index contributed by atoms with van der Waals surface area (Å²) in [6.45, 7) is 0. The highest BCUT2D eigenvalue weighted by atomic mass is 35.5. The van der Waals surface area contributed by atoms with Crippen LogP contribution in [0.3, 0.4) is 0 Å². The molecule has 0 aromatic heterocycles. The second kappa shape index (κ2) is 8.90. The molecule has 0 saturated carbocycles. The van der Waals surface area contributed by atoms with E-state index in [9.17, 15) is 0 Å². The fourth-order valence-electron chi connectivity index (χ4n) is 3.03. The molecule has 0 radical (unpaired) electrons. The van der Waals surface area contributed by atoms with E-state index < -0.39 is 0 Å². The third-order valence-electron chi connectivity index (χ3n) is 4.18. The number of para-hydroxylation sites is 1. The second-order valence-corrected chi connectivity index (χ2v) is 5.66. The first-order valence-corrected chi connectivity index (χ1v) is 7.53. The van der Waals surface area contributed by atoms with Gasteiger partial charge < -0.3 is 15.8 Å². The minimum atomic E-state index is 0. The first kappa shape index (κ1) is 19.5. The lowest BCUT2D eigenvalue weighted by molar-refractivity contribution is 0.413. The summed E-state index contributed by atoms with van der Waals surface area (Å²) in [5.41, 5.74) is 10.5. The number of hydrogen-bond donors (Lipinski definition) is 2. The monoisotopic (exact) mass is 354 g/mol. The number of nitrogens with one attached hydrogen (secondary N) is 1. The van der Waals surface area contributed by atoms with Gasteiger partial charge in [0.05, 0.1) is 12.8 Å². The van der Waals surface area contributed by atoms with Gasteiger partial charge in [0.25, 0.3) is 0 Å². The van der Waals surface area contributed by atoms with Crippen molar-refractivity contribution >= 4 is 36.2 Å². The lowest BCUT2D eigenvalue weighted by Crippen LogP contribution is -2.26. The molecule has 0 fully saturated rings. The van der Waals surface area contributed by atoms with Crippen LogP contribution >= 0.6 is 24.8 Å². The Kier molecular flexibility index (Phi) is 7.53. The minimum Gasteiger partial charge on any atom is -0.495 e. The van der Waals surface area contributed by atoms with Crippen LogP contribution in [-0.4, -0.2) is 13.2 Å². The van der Waals surface area contributed by atoms with Crippen molar-refractivity contribution in [3.05, 3.63) is 53.6 Å². The van der Waals surface area contributed by atoms with Gasteiger partial charge in [-0.25, -0.2) is 0 Å². The molecule has 2 aromatic carbocycles. The van der Waals surface area contributed by atoms with Crippen molar-refractivity contribution in [3.8, 4) is 5.75 Å². The van der Waals surface area contributed by atoms with E-state index in [0.717, 1.165) is 30.7 Å². The molecule has 23 heavy (non-hydrogen) atoms. The lowest BCUT2D eigenvalue weighted by atomic mass is 9.93. The first-order chi connectivity index (χ1) is 10.3. The predicted octanol–water partition coefficient (Wildman–Crippen LogP) is 4.48. The van der Waals surface area contributed by atoms with Crippen molar-refractivity contribution in [2.24, 2.45) is 0 Å². The molecule has 1 atom stereocenters. The zero-order valence-corrected chi connectivity index (χ0v) is 14.9. The second-order valence-electron chi connectivity index (χ2n) is 5.66. The molecule has 1 aliphatic heterocycles. The van der Waals surface area contributed by atoms with Crippen molar-refractivity contribution in [3.63, 3.8) is 0 Å². The van der Waals surface area contributed by atoms with Crippen LogP contribution in [0.15, 0.2) is 42.5 Å². The summed E-state index contributed by atoms with van der Waals surface area (Å²) in [5.74, 6) is 0.946. The highest BCUT2D eigenvalue weighted by Crippen LogP contribution is 2.34. The van der Waals surface area contributed by atoms with E-state index in [0.29, 0.717) is 6.04 Å². The molecular formula is C18H24Cl2N2O. The lowest BCUT2D eigenvalue weighted by Gasteiger charge is -2.28. The Bertz CT molecular complexity index is 620. The van der Waals surface area contributed by atoms with Gasteiger partial charge in [0.2, 0.25) is 0 Å². The van der Waals surface area contributed by atoms with Crippen LogP contribution < -0.4 is 15.8 Å². The minimum absolute atomic E-state index is 0. The summed E-state index contributed by atoms with van der Waals surface area (Å²) in [6.07, 6.45) is 4.44. The van der Waals surface area contributed by atoms with Crippen LogP contribution in [0.4, 0.5) is 11.4 Å². The van der Waals surface area contributed by atoms with Crippen molar-refractivity contribution in [2.45, 2.75) is 31.7 Å². The summed E-state index contributed by atoms with van der Waals surface area (Å²) in [6, 6.07) is 14.9. The summed E-state index contributed by atoms with van der Waals surface area (Å²) in [4.78, 5) is 0. The smallest absolute Gasteiger partial charge is 0.142 e. The van der Waals surface area contributed by atoms with E-state index in [1.54, 1.807) is 7.11 Å². The van der Waals surface area contributed by atoms with Crippen molar-refractivity contribution < 1.29 is 4.74 Å². The van der Waals surface area contributed by atoms with Gasteiger partial charge >= 0.3 is 0 Å². The Hall–Kier alpha value is -1.58. The van der Waals surface area contributed by atoms with E-state index in [-0.39, 0.29) is 24.8 Å². The third-order valence-corrected chi connectivity index (χ3v) is 4.18. The van der Waals surface area contributed by atoms with Gasteiger partial charge in [0.1, 0.15) is 5.75 Å². The first-order valence-electron chi connectivity index (χ1n) is 7.53. The van der Waals surface area contributed by atoms with Crippen LogP contribution in [0.25, 0.3) is 0 Å². The highest BCUT2D eigenvalue weighted by Gasteiger charge is 2.20. The van der Waals surface area contributed by atoms with Crippen LogP contribution in [0.1, 0.15) is 24.0 Å². The van der Waals surface area contributed by atoms with Gasteiger partial charge in [-0.1, -0.05) is 24.3 Å². The number of methoxy groups -OCH3 is 1. The maximum atomic E-state index is 5.84. The van der Waals surface area contributed by atoms with Crippen molar-refractivity contribution in [1.82, 2.24) is 0 Å². The summed E-state index contributed by atoms with van der Waals surface area (Å²) < 4.78 is 5.46. The predicted molar refractivity (Wildman–Crippen MR) is 102 cm³/mol. The maximum Gasteiger partial charge on any atom is 0.142 e. The molecule has 3 rings (SSSR count). The maximum absolute atomic E-state index is 5.84. The number of ether oxygens (including phenoxy) is 1. The Morgan fingerprint density at radius 2 is 1.96 bits per heavy atom. The number of halogens is 2. The molecule has 1 aliphatic rings. The number of benzene rings is 2. The van der Waals surface area contributed by atoms with E-state index >= 15 is 0 Å². The average molecular weight is 355 g/mol. The van der Waals surface area contributed by atoms with Crippen LogP contribution in [0.2, 0.25) is 0 Å². The molecule has 126 valence electrons. The number of aryl methyl sites for hydroxylation is 2. The van der Waals surface area contributed by atoms with Crippen LogP contribution in [-0.2, 0) is 12.8 Å². The Balaban J connectivity index is 0.00000132. The fourth-order valence-corrected chi connectivity index (χ4v) is 3.03. The molecule has 0 saturated heterocycles. The van der Waals surface area contributed by atoms with Gasteiger partial charge in [0.15, 0.2) is 0 Å². The van der Waals surface area contributed by atoms with Gasteiger partial charge in [0, 0.05) is 11.7 Å². The Morgan fingerprint density at radius 1 is 1.17 bits per heavy atom. The number of fused-ring (bicyclic) bond motifs is 1. The molecule has 3 N–H and O–H groups in total. The van der Waals surface area contributed by atoms with Crippen molar-refractivity contribution in [1.29, 1.82) is 0 Å². The quantitative estimate of drug-likeness (QED) is 0.795. The van der Waals surface area contributed by atoms with E-state index in [2.05, 4.69) is 29.6 Å². The standard InChI is InChI=1S/C18H22N2O.2ClH/c1-21-17-7-3-5-14-9-11-16(20-18(14)17)10-8-13-4-2-6-15(19)12-13;;/h2-7,12,16,20H,8-11,19H2,1H3;2*1H. The zero-order valence-electron chi connectivity index (χ0n) is 13.2. The average Bonchev–Trinajstić information content (AvgIpc) is 2.52. The summed E-state index contributed by atoms with van der Waals surface area (Å²) in [5, 5.41) is 3.65. The molecule has 1 unspecified atom stereocenters. The number of nitrogens with two attached hydrogens (primary N) is 1. The summed E-state index contributed by atoms with van der Waals surface area (Å²) in [7, 11) is 1.73. The van der Waals surface area contributed by atoms with Gasteiger partial charge in [-0.15, -0.1) is 24.8 Å². The molecule has 2 aromatic rings. The van der Waals surface area contributed by atoms with E-state index in [1.165, 1.54) is 23.2 Å². The fraction of sp³-hybridized carbons (Fsp3) is 0.333. The normalized spacial score (nSPS) is 15.4. The SMILES string of the molecule is COc1cccc2c1NC(CCc1cccc(N)c1)CC2.Cl.Cl. The van der Waals surface area contributed by atoms with E-state index in [1.807, 2.05) is 18.2 Å². The number of nitrogen functional groups attached to an aromatic ring is 1. The molecule has 5 heteroatoms. The Labute approximate surface area is 150 Å². The van der Waals surface area contributed by atoms with Gasteiger partial charge in [-0.05, 0) is 55.0 Å². The molecule has 0 spiro atoms. The zero-order chi connectivity index (χ0) is 14.7. The molecule has 3 nitrogen and oxygen atoms in total. The molecule has 0 bridgehead atoms. The topological polar surface area (TPSA) is 47.3 Å². The number of hydrogen-bond acceptors (Lipinski definition) is 3. The molecule has 1 heterocycles. The summed E-state index contributed by atoms with van der Waals surface area (Å²) >= 11 is 0. The Morgan fingerprint density at radius 3 is 2.70 bits per heavy atom. The molecular weight excluding hydrogens is 331 g/mol. The highest BCUT2D eigenvalue weighted by molar-refractivity contribution is 5.85. The van der Waals surface area contributed by atoms with E-state index in [4.69, 9.17) is 10.5 Å². The van der Waals surface area contributed by atoms with Crippen LogP contribution in [0.5, 0.6) is 5.75 Å². The van der Waals surface area contributed by atoms with Crippen LogP contribution in [0, 0.1) is 0 Å². The number of anilines is 2. The van der Waals surface area contributed by atoms with Crippen molar-refractivity contribution in [2.75, 3.05) is 18.2 Å². The largest absolute Gasteiger partial charge is 0.495 e. The molecule has 0 aliphatic carbocycles.